The number of carbonyl (C=O) groups excluding carboxylic acids is 2. The SMILES string of the molecule is CS(=O)(=O)CCCNC(=O)C(N)CC(N)=O. The van der Waals surface area contributed by atoms with E-state index in [1.165, 1.54) is 0 Å². The summed E-state index contributed by atoms with van der Waals surface area (Å²) in [6, 6.07) is -0.976. The molecule has 0 aromatic heterocycles. The lowest BCUT2D eigenvalue weighted by Gasteiger charge is -2.09. The van der Waals surface area contributed by atoms with E-state index in [0.29, 0.717) is 6.42 Å². The number of nitrogens with two attached hydrogens (primary N) is 2. The van der Waals surface area contributed by atoms with E-state index in [-0.39, 0.29) is 18.7 Å². The Hall–Kier alpha value is -1.15. The first-order valence-electron chi connectivity index (χ1n) is 4.71. The van der Waals surface area contributed by atoms with Crippen molar-refractivity contribution in [3.8, 4) is 0 Å². The minimum Gasteiger partial charge on any atom is -0.370 e. The molecule has 0 aliphatic rings. The van der Waals surface area contributed by atoms with Crippen LogP contribution >= 0.6 is 0 Å². The van der Waals surface area contributed by atoms with Gasteiger partial charge in [0.15, 0.2) is 0 Å². The first kappa shape index (κ1) is 14.8. The standard InChI is InChI=1S/C8H17N3O4S/c1-16(14,15)4-2-3-11-8(13)6(9)5-7(10)12/h6H,2-5,9H2,1H3,(H2,10,12)(H,11,13). The summed E-state index contributed by atoms with van der Waals surface area (Å²) in [6.07, 6.45) is 1.21. The molecule has 0 saturated heterocycles. The number of hydrogen-bond acceptors (Lipinski definition) is 5. The van der Waals surface area contributed by atoms with Gasteiger partial charge in [-0.1, -0.05) is 0 Å². The van der Waals surface area contributed by atoms with E-state index >= 15 is 0 Å². The van der Waals surface area contributed by atoms with Crippen LogP contribution < -0.4 is 16.8 Å². The van der Waals surface area contributed by atoms with Crippen LogP contribution in [0, 0.1) is 0 Å². The highest BCUT2D eigenvalue weighted by Crippen LogP contribution is 1.90. The van der Waals surface area contributed by atoms with Gasteiger partial charge in [-0.15, -0.1) is 0 Å². The summed E-state index contributed by atoms with van der Waals surface area (Å²) in [4.78, 5) is 21.7. The van der Waals surface area contributed by atoms with Gasteiger partial charge >= 0.3 is 0 Å². The molecular weight excluding hydrogens is 234 g/mol. The van der Waals surface area contributed by atoms with E-state index in [4.69, 9.17) is 11.5 Å². The summed E-state index contributed by atoms with van der Waals surface area (Å²) in [5, 5.41) is 2.42. The molecule has 2 amide bonds. The maximum Gasteiger partial charge on any atom is 0.237 e. The summed E-state index contributed by atoms with van der Waals surface area (Å²) < 4.78 is 21.5. The summed E-state index contributed by atoms with van der Waals surface area (Å²) in [6.45, 7) is 0.207. The van der Waals surface area contributed by atoms with E-state index < -0.39 is 27.7 Å². The second kappa shape index (κ2) is 6.44. The molecule has 0 bridgehead atoms. The predicted molar refractivity (Wildman–Crippen MR) is 59.1 cm³/mol. The number of amides is 2. The van der Waals surface area contributed by atoms with Gasteiger partial charge in [-0.3, -0.25) is 9.59 Å². The van der Waals surface area contributed by atoms with Gasteiger partial charge in [0.05, 0.1) is 18.2 Å². The minimum atomic E-state index is -3.02. The molecule has 1 unspecified atom stereocenters. The number of carbonyl (C=O) groups is 2. The van der Waals surface area contributed by atoms with Gasteiger partial charge in [0.2, 0.25) is 11.8 Å². The average Bonchev–Trinajstić information content (AvgIpc) is 2.09. The largest absolute Gasteiger partial charge is 0.370 e. The third kappa shape index (κ3) is 8.18. The Morgan fingerprint density at radius 2 is 1.94 bits per heavy atom. The van der Waals surface area contributed by atoms with Crippen LogP contribution in [0.15, 0.2) is 0 Å². The van der Waals surface area contributed by atoms with Crippen molar-refractivity contribution < 1.29 is 18.0 Å². The monoisotopic (exact) mass is 251 g/mol. The molecule has 7 nitrogen and oxygen atoms in total. The molecule has 0 aromatic carbocycles. The Bertz CT molecular complexity index is 352. The van der Waals surface area contributed by atoms with Crippen molar-refractivity contribution in [2.45, 2.75) is 18.9 Å². The molecule has 1 atom stereocenters. The lowest BCUT2D eigenvalue weighted by molar-refractivity contribution is -0.126. The van der Waals surface area contributed by atoms with Gasteiger partial charge in [-0.2, -0.15) is 0 Å². The summed E-state index contributed by atoms with van der Waals surface area (Å²) in [5.74, 6) is -1.16. The van der Waals surface area contributed by atoms with Crippen molar-refractivity contribution in [2.24, 2.45) is 11.5 Å². The van der Waals surface area contributed by atoms with Gasteiger partial charge in [0.25, 0.3) is 0 Å². The van der Waals surface area contributed by atoms with Crippen molar-refractivity contribution in [1.29, 1.82) is 0 Å². The van der Waals surface area contributed by atoms with Crippen LogP contribution in [0.25, 0.3) is 0 Å². The maximum atomic E-state index is 11.2. The van der Waals surface area contributed by atoms with Gasteiger partial charge in [0.1, 0.15) is 9.84 Å². The Labute approximate surface area is 94.5 Å². The number of primary amides is 1. The smallest absolute Gasteiger partial charge is 0.237 e. The van der Waals surface area contributed by atoms with Gasteiger partial charge < -0.3 is 16.8 Å². The van der Waals surface area contributed by atoms with Gasteiger partial charge in [0, 0.05) is 12.8 Å². The topological polar surface area (TPSA) is 132 Å². The van der Waals surface area contributed by atoms with Gasteiger partial charge in [-0.05, 0) is 6.42 Å². The van der Waals surface area contributed by atoms with E-state index in [0.717, 1.165) is 6.26 Å². The number of rotatable bonds is 7. The van der Waals surface area contributed by atoms with E-state index in [1.54, 1.807) is 0 Å². The highest BCUT2D eigenvalue weighted by Gasteiger charge is 2.15. The van der Waals surface area contributed by atoms with E-state index in [9.17, 15) is 18.0 Å². The molecule has 0 rings (SSSR count). The number of hydrogen-bond donors (Lipinski definition) is 3. The molecular formula is C8H17N3O4S. The van der Waals surface area contributed by atoms with Crippen LogP contribution in [0.5, 0.6) is 0 Å². The fourth-order valence-electron chi connectivity index (χ4n) is 0.986. The van der Waals surface area contributed by atoms with Crippen LogP contribution in [0.1, 0.15) is 12.8 Å². The van der Waals surface area contributed by atoms with E-state index in [2.05, 4.69) is 5.32 Å². The Balaban J connectivity index is 3.77. The Kier molecular flexibility index (Phi) is 5.97. The molecule has 16 heavy (non-hydrogen) atoms. The minimum absolute atomic E-state index is 0.00165. The molecule has 0 aliphatic heterocycles. The maximum absolute atomic E-state index is 11.2. The number of nitrogens with one attached hydrogen (secondary N) is 1. The van der Waals surface area contributed by atoms with Crippen LogP contribution in [0.4, 0.5) is 0 Å². The molecule has 94 valence electrons. The third-order valence-corrected chi connectivity index (χ3v) is 2.78. The van der Waals surface area contributed by atoms with Crippen LogP contribution in [0.2, 0.25) is 0 Å². The fraction of sp³-hybridized carbons (Fsp3) is 0.750. The first-order valence-corrected chi connectivity index (χ1v) is 6.78. The molecule has 0 aliphatic carbocycles. The zero-order valence-corrected chi connectivity index (χ0v) is 9.92. The lowest BCUT2D eigenvalue weighted by atomic mass is 10.2. The van der Waals surface area contributed by atoms with E-state index in [1.807, 2.05) is 0 Å². The van der Waals surface area contributed by atoms with Crippen LogP contribution in [-0.4, -0.2) is 44.8 Å². The molecule has 0 fully saturated rings. The molecule has 0 radical (unpaired) electrons. The summed E-state index contributed by atoms with van der Waals surface area (Å²) in [7, 11) is -3.02. The lowest BCUT2D eigenvalue weighted by Crippen LogP contribution is -2.43. The zero-order chi connectivity index (χ0) is 12.8. The molecule has 0 spiro atoms. The summed E-state index contributed by atoms with van der Waals surface area (Å²) in [5.41, 5.74) is 10.2. The van der Waals surface area contributed by atoms with Crippen molar-refractivity contribution in [3.05, 3.63) is 0 Å². The third-order valence-electron chi connectivity index (χ3n) is 1.75. The molecule has 0 aromatic rings. The van der Waals surface area contributed by atoms with Crippen LogP contribution in [-0.2, 0) is 19.4 Å². The predicted octanol–water partition coefficient (Wildman–Crippen LogP) is -2.26. The zero-order valence-electron chi connectivity index (χ0n) is 9.10. The Morgan fingerprint density at radius 1 is 1.38 bits per heavy atom. The van der Waals surface area contributed by atoms with Gasteiger partial charge in [-0.25, -0.2) is 8.42 Å². The average molecular weight is 251 g/mol. The van der Waals surface area contributed by atoms with Crippen molar-refractivity contribution in [1.82, 2.24) is 5.32 Å². The number of sulfone groups is 1. The highest BCUT2D eigenvalue weighted by molar-refractivity contribution is 7.90. The second-order valence-corrected chi connectivity index (χ2v) is 5.81. The molecule has 5 N–H and O–H groups in total. The van der Waals surface area contributed by atoms with Crippen LogP contribution in [0.3, 0.4) is 0 Å². The molecule has 8 heteroatoms. The first-order chi connectivity index (χ1) is 7.22. The molecule has 0 saturated carbocycles. The van der Waals surface area contributed by atoms with Crippen molar-refractivity contribution in [2.75, 3.05) is 18.6 Å². The summed E-state index contributed by atoms with van der Waals surface area (Å²) >= 11 is 0. The normalized spacial score (nSPS) is 13.1. The second-order valence-electron chi connectivity index (χ2n) is 3.55. The molecule has 0 heterocycles. The quantitative estimate of drug-likeness (QED) is 0.439. The van der Waals surface area contributed by atoms with Crippen molar-refractivity contribution >= 4 is 21.7 Å². The fourth-order valence-corrected chi connectivity index (χ4v) is 1.66. The van der Waals surface area contributed by atoms with Crippen molar-refractivity contribution in [3.63, 3.8) is 0 Å². The highest BCUT2D eigenvalue weighted by atomic mass is 32.2. The Morgan fingerprint density at radius 3 is 2.38 bits per heavy atom.